The maximum absolute atomic E-state index is 11.3. The van der Waals surface area contributed by atoms with Crippen molar-refractivity contribution in [1.82, 2.24) is 15.3 Å². The minimum atomic E-state index is 0.0460. The molecule has 0 radical (unpaired) electrons. The monoisotopic (exact) mass is 157 g/mol. The van der Waals surface area contributed by atoms with Gasteiger partial charge in [0.2, 0.25) is 0 Å². The standard InChI is InChI=1S/C7H15N3O/c1-9(2)7(11)10-6-4-3-5-8-10/h8H,3-6H2,1-2H3. The van der Waals surface area contributed by atoms with E-state index in [9.17, 15) is 4.79 Å². The Morgan fingerprint density at radius 1 is 1.45 bits per heavy atom. The minimum Gasteiger partial charge on any atom is -0.330 e. The third-order valence-corrected chi connectivity index (χ3v) is 1.72. The highest BCUT2D eigenvalue weighted by Crippen LogP contribution is 2.01. The first-order valence-electron chi connectivity index (χ1n) is 3.94. The summed E-state index contributed by atoms with van der Waals surface area (Å²) in [4.78, 5) is 12.9. The van der Waals surface area contributed by atoms with Gasteiger partial charge in [-0.1, -0.05) is 0 Å². The lowest BCUT2D eigenvalue weighted by Gasteiger charge is -2.29. The van der Waals surface area contributed by atoms with E-state index in [1.807, 2.05) is 0 Å². The first kappa shape index (κ1) is 8.33. The van der Waals surface area contributed by atoms with Crippen LogP contribution in [0.25, 0.3) is 0 Å². The molecule has 4 heteroatoms. The molecule has 0 aromatic carbocycles. The molecule has 0 atom stereocenters. The normalized spacial score (nSPS) is 18.2. The van der Waals surface area contributed by atoms with Crippen LogP contribution >= 0.6 is 0 Å². The molecule has 0 aromatic rings. The summed E-state index contributed by atoms with van der Waals surface area (Å²) in [5.74, 6) is 0. The highest BCUT2D eigenvalue weighted by atomic mass is 16.2. The molecule has 1 saturated heterocycles. The molecule has 0 aromatic heterocycles. The number of rotatable bonds is 0. The van der Waals surface area contributed by atoms with Crippen molar-refractivity contribution in [3.8, 4) is 0 Å². The summed E-state index contributed by atoms with van der Waals surface area (Å²) in [5, 5.41) is 1.67. The van der Waals surface area contributed by atoms with E-state index < -0.39 is 0 Å². The molecule has 2 amide bonds. The molecule has 0 bridgehead atoms. The molecule has 1 rings (SSSR count). The van der Waals surface area contributed by atoms with E-state index in [1.165, 1.54) is 0 Å². The van der Waals surface area contributed by atoms with Gasteiger partial charge in [0, 0.05) is 27.2 Å². The van der Waals surface area contributed by atoms with Crippen LogP contribution in [0.1, 0.15) is 12.8 Å². The average Bonchev–Trinajstić information content (AvgIpc) is 2.05. The van der Waals surface area contributed by atoms with E-state index in [2.05, 4.69) is 5.43 Å². The zero-order valence-electron chi connectivity index (χ0n) is 7.13. The van der Waals surface area contributed by atoms with Gasteiger partial charge in [0.05, 0.1) is 0 Å². The van der Waals surface area contributed by atoms with Crippen LogP contribution in [0.4, 0.5) is 4.79 Å². The summed E-state index contributed by atoms with van der Waals surface area (Å²) in [6, 6.07) is 0.0460. The molecule has 1 fully saturated rings. The lowest BCUT2D eigenvalue weighted by Crippen LogP contribution is -2.50. The molecule has 4 nitrogen and oxygen atoms in total. The van der Waals surface area contributed by atoms with Crippen molar-refractivity contribution in [2.75, 3.05) is 27.2 Å². The smallest absolute Gasteiger partial charge is 0.330 e. The van der Waals surface area contributed by atoms with Crippen molar-refractivity contribution >= 4 is 6.03 Å². The number of hydrazine groups is 1. The van der Waals surface area contributed by atoms with Crippen molar-refractivity contribution in [2.45, 2.75) is 12.8 Å². The van der Waals surface area contributed by atoms with Crippen LogP contribution in [0.5, 0.6) is 0 Å². The number of nitrogens with one attached hydrogen (secondary N) is 1. The van der Waals surface area contributed by atoms with Crippen LogP contribution in [-0.4, -0.2) is 43.1 Å². The van der Waals surface area contributed by atoms with Crippen LogP contribution in [0.15, 0.2) is 0 Å². The summed E-state index contributed by atoms with van der Waals surface area (Å²) < 4.78 is 0. The molecule has 0 aliphatic carbocycles. The Balaban J connectivity index is 2.39. The van der Waals surface area contributed by atoms with E-state index in [4.69, 9.17) is 0 Å². The van der Waals surface area contributed by atoms with E-state index >= 15 is 0 Å². The maximum Gasteiger partial charge on any atom is 0.333 e. The highest BCUT2D eigenvalue weighted by molar-refractivity contribution is 5.73. The van der Waals surface area contributed by atoms with Crippen molar-refractivity contribution in [1.29, 1.82) is 0 Å². The van der Waals surface area contributed by atoms with Crippen molar-refractivity contribution in [3.05, 3.63) is 0 Å². The zero-order chi connectivity index (χ0) is 8.27. The van der Waals surface area contributed by atoms with E-state index in [-0.39, 0.29) is 6.03 Å². The van der Waals surface area contributed by atoms with E-state index in [0.29, 0.717) is 0 Å². The SMILES string of the molecule is CN(C)C(=O)N1CCCCN1. The van der Waals surface area contributed by atoms with Crippen molar-refractivity contribution < 1.29 is 4.79 Å². The second-order valence-corrected chi connectivity index (χ2v) is 2.94. The van der Waals surface area contributed by atoms with Crippen molar-refractivity contribution in [3.63, 3.8) is 0 Å². The third-order valence-electron chi connectivity index (χ3n) is 1.72. The molecule has 0 spiro atoms. The molecule has 0 saturated carbocycles. The lowest BCUT2D eigenvalue weighted by molar-refractivity contribution is 0.130. The molecule has 1 aliphatic rings. The quantitative estimate of drug-likeness (QED) is 0.548. The van der Waals surface area contributed by atoms with Crippen LogP contribution < -0.4 is 5.43 Å². The van der Waals surface area contributed by atoms with Crippen LogP contribution in [0.3, 0.4) is 0 Å². The van der Waals surface area contributed by atoms with Crippen LogP contribution in [0.2, 0.25) is 0 Å². The third kappa shape index (κ3) is 2.08. The maximum atomic E-state index is 11.3. The fraction of sp³-hybridized carbons (Fsp3) is 0.857. The summed E-state index contributed by atoms with van der Waals surface area (Å²) in [5.41, 5.74) is 3.04. The summed E-state index contributed by atoms with van der Waals surface area (Å²) >= 11 is 0. The second-order valence-electron chi connectivity index (χ2n) is 2.94. The summed E-state index contributed by atoms with van der Waals surface area (Å²) in [6.07, 6.45) is 2.27. The first-order chi connectivity index (χ1) is 5.22. The molecule has 11 heavy (non-hydrogen) atoms. The first-order valence-corrected chi connectivity index (χ1v) is 3.94. The molecular weight excluding hydrogens is 142 g/mol. The number of hydrogen-bond acceptors (Lipinski definition) is 2. The van der Waals surface area contributed by atoms with Gasteiger partial charge in [-0.25, -0.2) is 10.2 Å². The van der Waals surface area contributed by atoms with Gasteiger partial charge in [0.1, 0.15) is 0 Å². The van der Waals surface area contributed by atoms with Gasteiger partial charge < -0.3 is 4.90 Å². The van der Waals surface area contributed by atoms with E-state index in [0.717, 1.165) is 25.9 Å². The average molecular weight is 157 g/mol. The Hall–Kier alpha value is -0.770. The topological polar surface area (TPSA) is 35.6 Å². The minimum absolute atomic E-state index is 0.0460. The number of amides is 2. The Bertz CT molecular complexity index is 141. The number of hydrogen-bond donors (Lipinski definition) is 1. The van der Waals surface area contributed by atoms with Gasteiger partial charge in [-0.3, -0.25) is 5.01 Å². The molecule has 1 aliphatic heterocycles. The van der Waals surface area contributed by atoms with Crippen LogP contribution in [0, 0.1) is 0 Å². The Morgan fingerprint density at radius 3 is 2.64 bits per heavy atom. The largest absolute Gasteiger partial charge is 0.333 e. The lowest BCUT2D eigenvalue weighted by atomic mass is 10.3. The predicted molar refractivity (Wildman–Crippen MR) is 43.0 cm³/mol. The number of nitrogens with zero attached hydrogens (tertiary/aromatic N) is 2. The van der Waals surface area contributed by atoms with Gasteiger partial charge in [-0.05, 0) is 12.8 Å². The number of urea groups is 1. The summed E-state index contributed by atoms with van der Waals surface area (Å²) in [6.45, 7) is 1.75. The molecule has 64 valence electrons. The zero-order valence-corrected chi connectivity index (χ0v) is 7.13. The van der Waals surface area contributed by atoms with Gasteiger partial charge in [0.15, 0.2) is 0 Å². The van der Waals surface area contributed by atoms with Crippen molar-refractivity contribution in [2.24, 2.45) is 0 Å². The molecule has 1 heterocycles. The Kier molecular flexibility index (Phi) is 2.70. The second kappa shape index (κ2) is 3.57. The summed E-state index contributed by atoms with van der Waals surface area (Å²) in [7, 11) is 3.53. The van der Waals surface area contributed by atoms with Gasteiger partial charge in [0.25, 0.3) is 0 Å². The number of carbonyl (C=O) groups excluding carboxylic acids is 1. The van der Waals surface area contributed by atoms with Gasteiger partial charge >= 0.3 is 6.03 Å². The predicted octanol–water partition coefficient (Wildman–Crippen LogP) is 0.268. The Labute approximate surface area is 67.1 Å². The highest BCUT2D eigenvalue weighted by Gasteiger charge is 2.16. The molecular formula is C7H15N3O. The fourth-order valence-electron chi connectivity index (χ4n) is 1.09. The van der Waals surface area contributed by atoms with Gasteiger partial charge in [-0.2, -0.15) is 0 Å². The molecule has 0 unspecified atom stereocenters. The van der Waals surface area contributed by atoms with Crippen LogP contribution in [-0.2, 0) is 0 Å². The number of carbonyl (C=O) groups is 1. The molecule has 1 N–H and O–H groups in total. The fourth-order valence-corrected chi connectivity index (χ4v) is 1.09. The van der Waals surface area contributed by atoms with Gasteiger partial charge in [-0.15, -0.1) is 0 Å². The van der Waals surface area contributed by atoms with E-state index in [1.54, 1.807) is 24.0 Å². The Morgan fingerprint density at radius 2 is 2.18 bits per heavy atom.